The fourth-order valence-corrected chi connectivity index (χ4v) is 5.10. The highest BCUT2D eigenvalue weighted by Crippen LogP contribution is 2.59. The number of esters is 2. The molecule has 0 saturated heterocycles. The second kappa shape index (κ2) is 9.88. The maximum absolute atomic E-state index is 13.3. The van der Waals surface area contributed by atoms with Gasteiger partial charge in [0.1, 0.15) is 0 Å². The van der Waals surface area contributed by atoms with E-state index in [1.807, 2.05) is 48.5 Å². The van der Waals surface area contributed by atoms with Crippen molar-refractivity contribution in [3.63, 3.8) is 0 Å². The van der Waals surface area contributed by atoms with Gasteiger partial charge in [-0.1, -0.05) is 56.1 Å². The molecule has 0 fully saturated rings. The summed E-state index contributed by atoms with van der Waals surface area (Å²) in [4.78, 5) is 26.4. The Kier molecular flexibility index (Phi) is 7.42. The summed E-state index contributed by atoms with van der Waals surface area (Å²) in [7, 11) is 0. The molecule has 0 unspecified atom stereocenters. The minimum Gasteiger partial charge on any atom is -0.464 e. The minimum absolute atomic E-state index is 0.0665. The van der Waals surface area contributed by atoms with E-state index >= 15 is 0 Å². The Morgan fingerprint density at radius 2 is 1.59 bits per heavy atom. The molecule has 0 aliphatic heterocycles. The van der Waals surface area contributed by atoms with Crippen LogP contribution in [0.25, 0.3) is 0 Å². The van der Waals surface area contributed by atoms with Crippen molar-refractivity contribution in [2.24, 2.45) is 11.1 Å². The maximum Gasteiger partial charge on any atom is 0.336 e. The van der Waals surface area contributed by atoms with Gasteiger partial charge in [-0.3, -0.25) is 0 Å². The van der Waals surface area contributed by atoms with Crippen molar-refractivity contribution in [1.29, 1.82) is 5.26 Å². The van der Waals surface area contributed by atoms with Crippen LogP contribution in [0.4, 0.5) is 0 Å². The van der Waals surface area contributed by atoms with Crippen molar-refractivity contribution in [3.8, 4) is 6.07 Å². The van der Waals surface area contributed by atoms with E-state index in [1.165, 1.54) is 0 Å². The smallest absolute Gasteiger partial charge is 0.336 e. The van der Waals surface area contributed by atoms with Gasteiger partial charge >= 0.3 is 11.9 Å². The number of halogens is 2. The van der Waals surface area contributed by atoms with E-state index in [0.717, 1.165) is 14.5 Å². The van der Waals surface area contributed by atoms with Gasteiger partial charge in [0.05, 0.1) is 30.6 Å². The zero-order valence-corrected chi connectivity index (χ0v) is 20.8. The van der Waals surface area contributed by atoms with E-state index in [4.69, 9.17) is 15.2 Å². The highest BCUT2D eigenvalue weighted by Gasteiger charge is 2.62. The summed E-state index contributed by atoms with van der Waals surface area (Å²) < 4.78 is 12.2. The summed E-state index contributed by atoms with van der Waals surface area (Å²) in [5.74, 6) is -2.96. The van der Waals surface area contributed by atoms with Crippen molar-refractivity contribution in [2.45, 2.75) is 25.7 Å². The lowest BCUT2D eigenvalue weighted by molar-refractivity contribution is -0.151. The number of benzene rings is 2. The minimum atomic E-state index is -1.90. The fraction of sp³-hybridized carbons (Fsp3) is 0.292. The van der Waals surface area contributed by atoms with Crippen LogP contribution in [0.5, 0.6) is 0 Å². The Morgan fingerprint density at radius 1 is 1.03 bits per heavy atom. The van der Waals surface area contributed by atoms with Gasteiger partial charge in [0.2, 0.25) is 5.41 Å². The quantitative estimate of drug-likeness (QED) is 0.501. The molecule has 0 amide bonds. The molecule has 3 atom stereocenters. The molecule has 166 valence electrons. The SMILES string of the molecule is CCOC(=O)C1=C(N)[C@@](C#N)(C(=O)OCC)[C@H](c2cccc(Br)c2)[C@H]1c1cccc(Br)c1. The maximum atomic E-state index is 13.3. The zero-order chi connectivity index (χ0) is 23.5. The molecule has 0 saturated carbocycles. The molecule has 1 aliphatic carbocycles. The first kappa shape index (κ1) is 24.0. The van der Waals surface area contributed by atoms with E-state index in [9.17, 15) is 14.9 Å². The summed E-state index contributed by atoms with van der Waals surface area (Å²) in [6.45, 7) is 3.54. The Labute approximate surface area is 203 Å². The largest absolute Gasteiger partial charge is 0.464 e. The van der Waals surface area contributed by atoms with E-state index < -0.39 is 29.2 Å². The third-order valence-corrected chi connectivity index (χ3v) is 6.50. The van der Waals surface area contributed by atoms with E-state index in [0.29, 0.717) is 5.56 Å². The number of carbonyl (C=O) groups is 2. The Hall–Kier alpha value is -2.63. The molecule has 32 heavy (non-hydrogen) atoms. The number of nitriles is 1. The third kappa shape index (κ3) is 4.07. The fourth-order valence-electron chi connectivity index (χ4n) is 4.27. The normalized spacial score (nSPS) is 22.3. The van der Waals surface area contributed by atoms with Gasteiger partial charge in [0.25, 0.3) is 0 Å². The van der Waals surface area contributed by atoms with Gasteiger partial charge in [-0.15, -0.1) is 0 Å². The van der Waals surface area contributed by atoms with Crippen LogP contribution in [0.3, 0.4) is 0 Å². The first-order valence-corrected chi connectivity index (χ1v) is 11.7. The number of nitrogens with two attached hydrogens (primary N) is 1. The summed E-state index contributed by atoms with van der Waals surface area (Å²) in [5, 5.41) is 10.4. The van der Waals surface area contributed by atoms with E-state index in [-0.39, 0.29) is 24.5 Å². The predicted molar refractivity (Wildman–Crippen MR) is 126 cm³/mol. The number of ether oxygens (including phenoxy) is 2. The molecule has 2 N–H and O–H groups in total. The van der Waals surface area contributed by atoms with Crippen LogP contribution in [0.15, 0.2) is 68.7 Å². The zero-order valence-electron chi connectivity index (χ0n) is 17.6. The van der Waals surface area contributed by atoms with Gasteiger partial charge in [0.15, 0.2) is 0 Å². The molecular formula is C24H22Br2N2O4. The summed E-state index contributed by atoms with van der Waals surface area (Å²) in [5.41, 5.74) is 5.95. The van der Waals surface area contributed by atoms with Gasteiger partial charge < -0.3 is 15.2 Å². The van der Waals surface area contributed by atoms with Crippen LogP contribution in [-0.2, 0) is 19.1 Å². The van der Waals surface area contributed by atoms with Gasteiger partial charge in [-0.05, 0) is 49.2 Å². The molecule has 0 radical (unpaired) electrons. The molecule has 1 aliphatic rings. The molecule has 2 aromatic carbocycles. The van der Waals surface area contributed by atoms with Crippen LogP contribution < -0.4 is 5.73 Å². The van der Waals surface area contributed by atoms with Crippen molar-refractivity contribution in [1.82, 2.24) is 0 Å². The summed E-state index contributed by atoms with van der Waals surface area (Å²) in [6.07, 6.45) is 0. The Balaban J connectivity index is 2.39. The first-order chi connectivity index (χ1) is 15.3. The van der Waals surface area contributed by atoms with Gasteiger partial charge in [0, 0.05) is 20.8 Å². The van der Waals surface area contributed by atoms with Crippen molar-refractivity contribution in [2.75, 3.05) is 13.2 Å². The molecule has 6 nitrogen and oxygen atoms in total. The van der Waals surface area contributed by atoms with E-state index in [1.54, 1.807) is 13.8 Å². The number of carbonyl (C=O) groups excluding carboxylic acids is 2. The molecule has 3 rings (SSSR count). The molecule has 0 spiro atoms. The predicted octanol–water partition coefficient (Wildman–Crippen LogP) is 4.94. The van der Waals surface area contributed by atoms with Crippen molar-refractivity contribution < 1.29 is 19.1 Å². The second-order valence-corrected chi connectivity index (χ2v) is 9.08. The average Bonchev–Trinajstić information content (AvgIpc) is 3.03. The Bertz CT molecular complexity index is 1120. The van der Waals surface area contributed by atoms with Crippen molar-refractivity contribution >= 4 is 43.8 Å². The molecule has 0 bridgehead atoms. The highest BCUT2D eigenvalue weighted by molar-refractivity contribution is 9.10. The molecule has 0 aromatic heterocycles. The average molecular weight is 562 g/mol. The lowest BCUT2D eigenvalue weighted by atomic mass is 9.69. The second-order valence-electron chi connectivity index (χ2n) is 7.25. The lowest BCUT2D eigenvalue weighted by Gasteiger charge is -2.32. The van der Waals surface area contributed by atoms with Crippen molar-refractivity contribution in [3.05, 3.63) is 79.9 Å². The number of nitrogens with zero attached hydrogens (tertiary/aromatic N) is 1. The van der Waals surface area contributed by atoms with Crippen LogP contribution in [0, 0.1) is 16.7 Å². The molecular weight excluding hydrogens is 540 g/mol. The van der Waals surface area contributed by atoms with Gasteiger partial charge in [-0.2, -0.15) is 5.26 Å². The van der Waals surface area contributed by atoms with Crippen LogP contribution in [-0.4, -0.2) is 25.2 Å². The standard InChI is InChI=1S/C24H22Br2N2O4/c1-3-31-22(29)19-18(14-7-5-9-16(25)11-14)20(15-8-6-10-17(26)12-15)24(13-27,21(19)28)23(30)32-4-2/h5-12,18,20H,3-4,28H2,1-2H3/t18-,20+,24-/m0/s1. The highest BCUT2D eigenvalue weighted by atomic mass is 79.9. The summed E-state index contributed by atoms with van der Waals surface area (Å²) in [6, 6.07) is 16.8. The van der Waals surface area contributed by atoms with Gasteiger partial charge in [-0.25, -0.2) is 9.59 Å². The molecule has 8 heteroatoms. The number of hydrogen-bond acceptors (Lipinski definition) is 6. The molecule has 2 aromatic rings. The number of rotatable bonds is 6. The third-order valence-electron chi connectivity index (χ3n) is 5.51. The monoisotopic (exact) mass is 560 g/mol. The van der Waals surface area contributed by atoms with Crippen LogP contribution in [0.2, 0.25) is 0 Å². The Morgan fingerprint density at radius 3 is 2.12 bits per heavy atom. The number of hydrogen-bond donors (Lipinski definition) is 1. The van der Waals surface area contributed by atoms with Crippen LogP contribution >= 0.6 is 31.9 Å². The topological polar surface area (TPSA) is 102 Å². The summed E-state index contributed by atoms with van der Waals surface area (Å²) >= 11 is 6.94. The first-order valence-electron chi connectivity index (χ1n) is 10.1. The lowest BCUT2D eigenvalue weighted by Crippen LogP contribution is -2.40. The molecule has 0 heterocycles. The van der Waals surface area contributed by atoms with Crippen LogP contribution in [0.1, 0.15) is 36.8 Å². The van der Waals surface area contributed by atoms with E-state index in [2.05, 4.69) is 37.9 Å².